The number of hydrogen-bond acceptors (Lipinski definition) is 4. The first-order valence-electron chi connectivity index (χ1n) is 8.09. The third-order valence-electron chi connectivity index (χ3n) is 4.22. The molecule has 0 amide bonds. The van der Waals surface area contributed by atoms with Gasteiger partial charge in [-0.05, 0) is 36.1 Å². The second-order valence-corrected chi connectivity index (χ2v) is 5.98. The third kappa shape index (κ3) is 4.92. The molecule has 0 bridgehead atoms. The molecule has 0 radical (unpaired) electrons. The van der Waals surface area contributed by atoms with Crippen molar-refractivity contribution in [3.05, 3.63) is 71.3 Å². The highest BCUT2D eigenvalue weighted by Gasteiger charge is 2.34. The molecule has 0 fully saturated rings. The number of benzene rings is 2. The summed E-state index contributed by atoms with van der Waals surface area (Å²) in [7, 11) is 1.26. The number of carbonyl (C=O) groups is 3. The highest BCUT2D eigenvalue weighted by Crippen LogP contribution is 2.24. The van der Waals surface area contributed by atoms with Crippen molar-refractivity contribution in [2.24, 2.45) is 11.8 Å². The Kier molecular flexibility index (Phi) is 6.49. The maximum atomic E-state index is 11.8. The number of carboxylic acids is 2. The highest BCUT2D eigenvalue weighted by atomic mass is 16.5. The van der Waals surface area contributed by atoms with Crippen LogP contribution in [-0.4, -0.2) is 35.2 Å². The zero-order chi connectivity index (χ0) is 19.1. The predicted octanol–water partition coefficient (Wildman–Crippen LogP) is 2.66. The van der Waals surface area contributed by atoms with E-state index in [-0.39, 0.29) is 12.8 Å². The SMILES string of the molecule is COC(=O)c1cccc(C[C@H](C(=O)O)[C@H](Cc2ccccc2)C(=O)O)c1. The summed E-state index contributed by atoms with van der Waals surface area (Å²) in [5.41, 5.74) is 1.62. The number of methoxy groups -OCH3 is 1. The summed E-state index contributed by atoms with van der Waals surface area (Å²) in [6.45, 7) is 0. The molecule has 136 valence electrons. The Bertz CT molecular complexity index is 784. The standard InChI is InChI=1S/C20H20O6/c1-26-20(25)15-9-5-8-14(10-15)12-17(19(23)24)16(18(21)22)11-13-6-3-2-4-7-13/h2-10,16-17H,11-12H2,1H3,(H,21,22)(H,23,24)/t16-,17-/m0/s1. The number of rotatable bonds is 8. The molecule has 2 aromatic carbocycles. The summed E-state index contributed by atoms with van der Waals surface area (Å²) in [6.07, 6.45) is 0.119. The maximum Gasteiger partial charge on any atom is 0.337 e. The monoisotopic (exact) mass is 356 g/mol. The Balaban J connectivity index is 2.27. The van der Waals surface area contributed by atoms with Gasteiger partial charge in [-0.15, -0.1) is 0 Å². The Hall–Kier alpha value is -3.15. The number of carboxylic acid groups (broad SMARTS) is 2. The first kappa shape index (κ1) is 19.2. The first-order valence-corrected chi connectivity index (χ1v) is 8.09. The summed E-state index contributed by atoms with van der Waals surface area (Å²) >= 11 is 0. The lowest BCUT2D eigenvalue weighted by Crippen LogP contribution is -2.33. The number of ether oxygens (including phenoxy) is 1. The van der Waals surface area contributed by atoms with Gasteiger partial charge in [0, 0.05) is 0 Å². The van der Waals surface area contributed by atoms with Gasteiger partial charge >= 0.3 is 17.9 Å². The molecule has 2 aromatic rings. The van der Waals surface area contributed by atoms with Crippen LogP contribution in [0.5, 0.6) is 0 Å². The minimum atomic E-state index is -1.18. The van der Waals surface area contributed by atoms with Gasteiger partial charge in [-0.2, -0.15) is 0 Å². The summed E-state index contributed by atoms with van der Waals surface area (Å²) in [5.74, 6) is -5.09. The van der Waals surface area contributed by atoms with Crippen LogP contribution in [-0.2, 0) is 27.2 Å². The molecule has 0 aliphatic rings. The van der Waals surface area contributed by atoms with Crippen LogP contribution in [0, 0.1) is 11.8 Å². The summed E-state index contributed by atoms with van der Waals surface area (Å²) < 4.78 is 4.66. The molecule has 0 heterocycles. The van der Waals surface area contributed by atoms with Crippen molar-refractivity contribution >= 4 is 17.9 Å². The van der Waals surface area contributed by atoms with E-state index in [0.29, 0.717) is 11.1 Å². The largest absolute Gasteiger partial charge is 0.481 e. The van der Waals surface area contributed by atoms with Crippen LogP contribution in [0.4, 0.5) is 0 Å². The Labute approximate surface area is 151 Å². The number of aliphatic carboxylic acids is 2. The van der Waals surface area contributed by atoms with Crippen molar-refractivity contribution < 1.29 is 29.3 Å². The van der Waals surface area contributed by atoms with Crippen molar-refractivity contribution in [3.8, 4) is 0 Å². The zero-order valence-corrected chi connectivity index (χ0v) is 14.3. The molecule has 0 aliphatic heterocycles. The van der Waals surface area contributed by atoms with E-state index in [4.69, 9.17) is 0 Å². The fourth-order valence-corrected chi connectivity index (χ4v) is 2.87. The number of esters is 1. The Morgan fingerprint density at radius 1 is 0.846 bits per heavy atom. The first-order chi connectivity index (χ1) is 12.4. The zero-order valence-electron chi connectivity index (χ0n) is 14.3. The minimum Gasteiger partial charge on any atom is -0.481 e. The molecular formula is C20H20O6. The highest BCUT2D eigenvalue weighted by molar-refractivity contribution is 5.89. The topological polar surface area (TPSA) is 101 Å². The quantitative estimate of drug-likeness (QED) is 0.705. The molecule has 2 atom stereocenters. The second kappa shape index (κ2) is 8.80. The van der Waals surface area contributed by atoms with Gasteiger partial charge in [-0.1, -0.05) is 42.5 Å². The van der Waals surface area contributed by atoms with Crippen LogP contribution in [0.2, 0.25) is 0 Å². The normalized spacial score (nSPS) is 12.8. The third-order valence-corrected chi connectivity index (χ3v) is 4.22. The molecule has 2 rings (SSSR count). The molecule has 26 heavy (non-hydrogen) atoms. The van der Waals surface area contributed by atoms with Crippen LogP contribution >= 0.6 is 0 Å². The van der Waals surface area contributed by atoms with Crippen LogP contribution in [0.1, 0.15) is 21.5 Å². The van der Waals surface area contributed by atoms with Crippen molar-refractivity contribution in [1.82, 2.24) is 0 Å². The molecule has 0 aromatic heterocycles. The van der Waals surface area contributed by atoms with E-state index < -0.39 is 29.7 Å². The van der Waals surface area contributed by atoms with Crippen LogP contribution in [0.15, 0.2) is 54.6 Å². The van der Waals surface area contributed by atoms with E-state index in [9.17, 15) is 24.6 Å². The molecule has 2 N–H and O–H groups in total. The fourth-order valence-electron chi connectivity index (χ4n) is 2.87. The van der Waals surface area contributed by atoms with Gasteiger partial charge in [0.1, 0.15) is 0 Å². The van der Waals surface area contributed by atoms with Gasteiger partial charge in [0.2, 0.25) is 0 Å². The van der Waals surface area contributed by atoms with Gasteiger partial charge < -0.3 is 14.9 Å². The van der Waals surface area contributed by atoms with Crippen molar-refractivity contribution in [2.75, 3.05) is 7.11 Å². The molecule has 6 heteroatoms. The molecule has 0 unspecified atom stereocenters. The predicted molar refractivity (Wildman–Crippen MR) is 93.9 cm³/mol. The molecular weight excluding hydrogens is 336 g/mol. The maximum absolute atomic E-state index is 11.8. The Morgan fingerprint density at radius 2 is 1.38 bits per heavy atom. The lowest BCUT2D eigenvalue weighted by atomic mass is 9.82. The molecule has 0 saturated heterocycles. The van der Waals surface area contributed by atoms with Crippen LogP contribution in [0.3, 0.4) is 0 Å². The number of carbonyl (C=O) groups excluding carboxylic acids is 1. The minimum absolute atomic E-state index is 0.00394. The van der Waals surface area contributed by atoms with E-state index in [1.54, 1.807) is 42.5 Å². The van der Waals surface area contributed by atoms with Crippen molar-refractivity contribution in [1.29, 1.82) is 0 Å². The average molecular weight is 356 g/mol. The van der Waals surface area contributed by atoms with Gasteiger partial charge in [-0.3, -0.25) is 9.59 Å². The fraction of sp³-hybridized carbons (Fsp3) is 0.250. The smallest absolute Gasteiger partial charge is 0.337 e. The van der Waals surface area contributed by atoms with Gasteiger partial charge in [-0.25, -0.2) is 4.79 Å². The Morgan fingerprint density at radius 3 is 1.92 bits per heavy atom. The second-order valence-electron chi connectivity index (χ2n) is 5.98. The van der Waals surface area contributed by atoms with E-state index >= 15 is 0 Å². The lowest BCUT2D eigenvalue weighted by molar-refractivity contribution is -0.153. The van der Waals surface area contributed by atoms with Crippen LogP contribution < -0.4 is 0 Å². The van der Waals surface area contributed by atoms with Crippen molar-refractivity contribution in [2.45, 2.75) is 12.8 Å². The molecule has 0 spiro atoms. The summed E-state index contributed by atoms with van der Waals surface area (Å²) in [6, 6.07) is 15.3. The number of hydrogen-bond donors (Lipinski definition) is 2. The molecule has 6 nitrogen and oxygen atoms in total. The van der Waals surface area contributed by atoms with E-state index in [1.165, 1.54) is 13.2 Å². The molecule has 0 aliphatic carbocycles. The van der Waals surface area contributed by atoms with Crippen molar-refractivity contribution in [3.63, 3.8) is 0 Å². The summed E-state index contributed by atoms with van der Waals surface area (Å²) in [5, 5.41) is 19.2. The van der Waals surface area contributed by atoms with E-state index in [2.05, 4.69) is 4.74 Å². The van der Waals surface area contributed by atoms with Gasteiger partial charge in [0.15, 0.2) is 0 Å². The van der Waals surface area contributed by atoms with Gasteiger partial charge in [0.25, 0.3) is 0 Å². The average Bonchev–Trinajstić information content (AvgIpc) is 2.64. The molecule has 0 saturated carbocycles. The van der Waals surface area contributed by atoms with E-state index in [1.807, 2.05) is 6.07 Å². The lowest BCUT2D eigenvalue weighted by Gasteiger charge is -2.21. The summed E-state index contributed by atoms with van der Waals surface area (Å²) in [4.78, 5) is 35.1. The van der Waals surface area contributed by atoms with E-state index in [0.717, 1.165) is 5.56 Å². The van der Waals surface area contributed by atoms with Crippen LogP contribution in [0.25, 0.3) is 0 Å². The van der Waals surface area contributed by atoms with Gasteiger partial charge in [0.05, 0.1) is 24.5 Å².